The SMILES string of the molecule is O=C(Cc1csc(-c2ccc(F)cc2)n1)N1CCN(c2cccc(Cl)c2)CC1. The van der Waals surface area contributed by atoms with E-state index >= 15 is 0 Å². The first-order valence-corrected chi connectivity index (χ1v) is 10.3. The molecule has 144 valence electrons. The fourth-order valence-corrected chi connectivity index (χ4v) is 4.28. The third-order valence-corrected chi connectivity index (χ3v) is 5.96. The van der Waals surface area contributed by atoms with Crippen LogP contribution in [-0.2, 0) is 11.2 Å². The van der Waals surface area contributed by atoms with Gasteiger partial charge in [0, 0.05) is 47.8 Å². The van der Waals surface area contributed by atoms with E-state index in [9.17, 15) is 9.18 Å². The number of hydrogen-bond donors (Lipinski definition) is 0. The van der Waals surface area contributed by atoms with Crippen LogP contribution in [0.4, 0.5) is 10.1 Å². The zero-order valence-corrected chi connectivity index (χ0v) is 16.7. The lowest BCUT2D eigenvalue weighted by Gasteiger charge is -2.36. The first-order valence-electron chi connectivity index (χ1n) is 9.07. The van der Waals surface area contributed by atoms with Gasteiger partial charge in [0.2, 0.25) is 5.91 Å². The van der Waals surface area contributed by atoms with Gasteiger partial charge in [-0.3, -0.25) is 4.79 Å². The summed E-state index contributed by atoms with van der Waals surface area (Å²) >= 11 is 7.54. The van der Waals surface area contributed by atoms with Gasteiger partial charge in [0.15, 0.2) is 0 Å². The Bertz CT molecular complexity index is 968. The largest absolute Gasteiger partial charge is 0.368 e. The van der Waals surface area contributed by atoms with E-state index in [1.54, 1.807) is 12.1 Å². The van der Waals surface area contributed by atoms with E-state index in [2.05, 4.69) is 9.88 Å². The number of rotatable bonds is 4. The lowest BCUT2D eigenvalue weighted by molar-refractivity contribution is -0.130. The number of hydrogen-bond acceptors (Lipinski definition) is 4. The Morgan fingerprint density at radius 1 is 1.11 bits per heavy atom. The van der Waals surface area contributed by atoms with Crippen molar-refractivity contribution in [2.24, 2.45) is 0 Å². The molecule has 1 saturated heterocycles. The van der Waals surface area contributed by atoms with Crippen LogP contribution in [0.2, 0.25) is 5.02 Å². The van der Waals surface area contributed by atoms with Crippen molar-refractivity contribution in [1.82, 2.24) is 9.88 Å². The van der Waals surface area contributed by atoms with Gasteiger partial charge < -0.3 is 9.80 Å². The highest BCUT2D eigenvalue weighted by Gasteiger charge is 2.22. The molecule has 0 N–H and O–H groups in total. The van der Waals surface area contributed by atoms with Crippen molar-refractivity contribution in [1.29, 1.82) is 0 Å². The lowest BCUT2D eigenvalue weighted by Crippen LogP contribution is -2.49. The van der Waals surface area contributed by atoms with Crippen LogP contribution in [0, 0.1) is 5.82 Å². The Kier molecular flexibility index (Phi) is 5.59. The van der Waals surface area contributed by atoms with E-state index in [1.807, 2.05) is 34.5 Å². The third-order valence-electron chi connectivity index (χ3n) is 4.78. The summed E-state index contributed by atoms with van der Waals surface area (Å²) in [6.45, 7) is 2.93. The Hall–Kier alpha value is -2.44. The third kappa shape index (κ3) is 4.34. The van der Waals surface area contributed by atoms with E-state index in [0.717, 1.165) is 40.1 Å². The fourth-order valence-electron chi connectivity index (χ4n) is 3.27. The molecule has 2 heterocycles. The van der Waals surface area contributed by atoms with E-state index in [0.29, 0.717) is 13.1 Å². The molecule has 28 heavy (non-hydrogen) atoms. The van der Waals surface area contributed by atoms with E-state index in [4.69, 9.17) is 11.6 Å². The quantitative estimate of drug-likeness (QED) is 0.629. The number of carbonyl (C=O) groups excluding carboxylic acids is 1. The second-order valence-corrected chi connectivity index (χ2v) is 7.97. The average molecular weight is 416 g/mol. The molecule has 1 fully saturated rings. The molecule has 4 rings (SSSR count). The molecule has 4 nitrogen and oxygen atoms in total. The number of piperazine rings is 1. The van der Waals surface area contributed by atoms with Crippen molar-refractivity contribution in [2.75, 3.05) is 31.1 Å². The Morgan fingerprint density at radius 3 is 2.57 bits per heavy atom. The molecule has 1 amide bonds. The molecule has 1 aliphatic heterocycles. The summed E-state index contributed by atoms with van der Waals surface area (Å²) in [5.41, 5.74) is 2.70. The summed E-state index contributed by atoms with van der Waals surface area (Å²) in [4.78, 5) is 21.3. The summed E-state index contributed by atoms with van der Waals surface area (Å²) in [5.74, 6) is -0.186. The van der Waals surface area contributed by atoms with Crippen LogP contribution in [-0.4, -0.2) is 42.0 Å². The lowest BCUT2D eigenvalue weighted by atomic mass is 10.2. The van der Waals surface area contributed by atoms with Gasteiger partial charge in [0.05, 0.1) is 12.1 Å². The molecule has 7 heteroatoms. The molecular formula is C21H19ClFN3OS. The second-order valence-electron chi connectivity index (χ2n) is 6.68. The highest BCUT2D eigenvalue weighted by Crippen LogP contribution is 2.25. The van der Waals surface area contributed by atoms with Gasteiger partial charge in [-0.1, -0.05) is 17.7 Å². The van der Waals surface area contributed by atoms with Crippen LogP contribution in [0.3, 0.4) is 0 Å². The molecule has 3 aromatic rings. The van der Waals surface area contributed by atoms with Crippen LogP contribution < -0.4 is 4.90 Å². The zero-order chi connectivity index (χ0) is 19.5. The van der Waals surface area contributed by atoms with E-state index < -0.39 is 0 Å². The molecule has 0 aliphatic carbocycles. The minimum atomic E-state index is -0.271. The fraction of sp³-hybridized carbons (Fsp3) is 0.238. The van der Waals surface area contributed by atoms with Crippen LogP contribution in [0.1, 0.15) is 5.69 Å². The smallest absolute Gasteiger partial charge is 0.228 e. The molecule has 0 unspecified atom stereocenters. The number of benzene rings is 2. The second kappa shape index (κ2) is 8.29. The van der Waals surface area contributed by atoms with Crippen LogP contribution in [0.5, 0.6) is 0 Å². The van der Waals surface area contributed by atoms with Crippen LogP contribution in [0.15, 0.2) is 53.9 Å². The molecule has 0 radical (unpaired) electrons. The number of aromatic nitrogens is 1. The molecular weight excluding hydrogens is 397 g/mol. The van der Waals surface area contributed by atoms with Gasteiger partial charge >= 0.3 is 0 Å². The van der Waals surface area contributed by atoms with Crippen molar-refractivity contribution < 1.29 is 9.18 Å². The van der Waals surface area contributed by atoms with Gasteiger partial charge in [-0.05, 0) is 42.5 Å². The first-order chi connectivity index (χ1) is 13.6. The van der Waals surface area contributed by atoms with Crippen molar-refractivity contribution in [2.45, 2.75) is 6.42 Å². The van der Waals surface area contributed by atoms with E-state index in [1.165, 1.54) is 23.5 Å². The van der Waals surface area contributed by atoms with Gasteiger partial charge in [-0.2, -0.15) is 0 Å². The van der Waals surface area contributed by atoms with Gasteiger partial charge in [0.1, 0.15) is 10.8 Å². The zero-order valence-electron chi connectivity index (χ0n) is 15.1. The number of thiazole rings is 1. The standard InChI is InChI=1S/C21H19ClFN3OS/c22-16-2-1-3-19(12-16)25-8-10-26(11-9-25)20(27)13-18-14-28-21(24-18)15-4-6-17(23)7-5-15/h1-7,12,14H,8-11,13H2. The Labute approximate surface area is 172 Å². The van der Waals surface area contributed by atoms with Crippen LogP contribution >= 0.6 is 22.9 Å². The van der Waals surface area contributed by atoms with Crippen molar-refractivity contribution in [3.8, 4) is 10.6 Å². The monoisotopic (exact) mass is 415 g/mol. The highest BCUT2D eigenvalue weighted by atomic mass is 35.5. The number of anilines is 1. The summed E-state index contributed by atoms with van der Waals surface area (Å²) in [7, 11) is 0. The first kappa shape index (κ1) is 18.9. The summed E-state index contributed by atoms with van der Waals surface area (Å²) < 4.78 is 13.1. The summed E-state index contributed by atoms with van der Waals surface area (Å²) in [6.07, 6.45) is 0.287. The number of amides is 1. The summed E-state index contributed by atoms with van der Waals surface area (Å²) in [5, 5.41) is 3.42. The highest BCUT2D eigenvalue weighted by molar-refractivity contribution is 7.13. The minimum absolute atomic E-state index is 0.0849. The Morgan fingerprint density at radius 2 is 1.86 bits per heavy atom. The van der Waals surface area contributed by atoms with Crippen molar-refractivity contribution >= 4 is 34.5 Å². The molecule has 0 saturated carbocycles. The normalized spacial score (nSPS) is 14.4. The van der Waals surface area contributed by atoms with Gasteiger partial charge in [-0.25, -0.2) is 9.37 Å². The maximum Gasteiger partial charge on any atom is 0.228 e. The molecule has 2 aromatic carbocycles. The topological polar surface area (TPSA) is 36.4 Å². The number of halogens is 2. The Balaban J connectivity index is 1.34. The average Bonchev–Trinajstić information content (AvgIpc) is 3.17. The maximum absolute atomic E-state index is 13.1. The van der Waals surface area contributed by atoms with Crippen molar-refractivity contribution in [3.05, 3.63) is 70.4 Å². The molecule has 1 aromatic heterocycles. The summed E-state index contributed by atoms with van der Waals surface area (Å²) in [6, 6.07) is 14.0. The predicted molar refractivity (Wildman–Crippen MR) is 111 cm³/mol. The molecule has 0 spiro atoms. The van der Waals surface area contributed by atoms with Gasteiger partial charge in [-0.15, -0.1) is 11.3 Å². The van der Waals surface area contributed by atoms with Crippen molar-refractivity contribution in [3.63, 3.8) is 0 Å². The maximum atomic E-state index is 13.1. The molecule has 1 aliphatic rings. The molecule has 0 atom stereocenters. The van der Waals surface area contributed by atoms with Gasteiger partial charge in [0.25, 0.3) is 0 Å². The minimum Gasteiger partial charge on any atom is -0.368 e. The predicted octanol–water partition coefficient (Wildman–Crippen LogP) is 4.49. The number of carbonyl (C=O) groups is 1. The molecule has 0 bridgehead atoms. The number of nitrogens with zero attached hydrogens (tertiary/aromatic N) is 3. The van der Waals surface area contributed by atoms with Crippen LogP contribution in [0.25, 0.3) is 10.6 Å². The van der Waals surface area contributed by atoms with E-state index in [-0.39, 0.29) is 18.1 Å².